The van der Waals surface area contributed by atoms with Gasteiger partial charge in [-0.2, -0.15) is 0 Å². The van der Waals surface area contributed by atoms with Gasteiger partial charge in [-0.3, -0.25) is 0 Å². The van der Waals surface area contributed by atoms with Crippen LogP contribution in [0.5, 0.6) is 0 Å². The highest BCUT2D eigenvalue weighted by Gasteiger charge is 2.04. The molecule has 6 heteroatoms. The van der Waals surface area contributed by atoms with E-state index in [1.54, 1.807) is 0 Å². The summed E-state index contributed by atoms with van der Waals surface area (Å²) in [4.78, 5) is 15.0. The van der Waals surface area contributed by atoms with E-state index in [4.69, 9.17) is 10.8 Å². The number of fused-ring (bicyclic) bond motifs is 1. The fraction of sp³-hybridized carbons (Fsp3) is 0.364. The highest BCUT2D eigenvalue weighted by Crippen LogP contribution is 2.12. The number of unbranched alkanes of at least 4 members (excludes halogenated alkanes) is 2. The van der Waals surface area contributed by atoms with Crippen molar-refractivity contribution in [3.8, 4) is 11.8 Å². The second kappa shape index (κ2) is 5.27. The van der Waals surface area contributed by atoms with Crippen molar-refractivity contribution in [3.05, 3.63) is 12.2 Å². The zero-order valence-electron chi connectivity index (χ0n) is 9.27. The molecule has 0 radical (unpaired) electrons. The number of hydrogen-bond acceptors (Lipinski definition) is 5. The van der Waals surface area contributed by atoms with Gasteiger partial charge in [0.25, 0.3) is 0 Å². The molecule has 0 saturated heterocycles. The molecule has 6 nitrogen and oxygen atoms in total. The van der Waals surface area contributed by atoms with E-state index in [2.05, 4.69) is 31.8 Å². The van der Waals surface area contributed by atoms with Crippen LogP contribution in [0.15, 0.2) is 6.33 Å². The van der Waals surface area contributed by atoms with E-state index < -0.39 is 0 Å². The molecule has 0 spiro atoms. The van der Waals surface area contributed by atoms with Crippen LogP contribution in [0.4, 0.5) is 5.82 Å². The minimum atomic E-state index is 0.207. The summed E-state index contributed by atoms with van der Waals surface area (Å²) in [6.07, 6.45) is 3.76. The molecule has 88 valence electrons. The van der Waals surface area contributed by atoms with Crippen LogP contribution in [0, 0.1) is 11.8 Å². The average molecular weight is 231 g/mol. The monoisotopic (exact) mass is 231 g/mol. The summed E-state index contributed by atoms with van der Waals surface area (Å²) in [6, 6.07) is 0. The average Bonchev–Trinajstić information content (AvgIpc) is 2.73. The number of nitrogens with zero attached hydrogens (tertiary/aromatic N) is 3. The van der Waals surface area contributed by atoms with Gasteiger partial charge >= 0.3 is 0 Å². The van der Waals surface area contributed by atoms with Crippen LogP contribution in [-0.4, -0.2) is 31.6 Å². The lowest BCUT2D eigenvalue weighted by Crippen LogP contribution is -1.91. The van der Waals surface area contributed by atoms with Crippen LogP contribution in [0.25, 0.3) is 11.2 Å². The second-order valence-corrected chi connectivity index (χ2v) is 3.53. The molecule has 17 heavy (non-hydrogen) atoms. The third kappa shape index (κ3) is 2.71. The highest BCUT2D eigenvalue weighted by molar-refractivity contribution is 5.81. The van der Waals surface area contributed by atoms with Crippen LogP contribution in [0.2, 0.25) is 0 Å². The van der Waals surface area contributed by atoms with Gasteiger partial charge < -0.3 is 15.8 Å². The van der Waals surface area contributed by atoms with Crippen LogP contribution < -0.4 is 5.73 Å². The fourth-order valence-corrected chi connectivity index (χ4v) is 1.38. The largest absolute Gasteiger partial charge is 0.396 e. The Kier molecular flexibility index (Phi) is 3.52. The number of nitrogen functional groups attached to an aromatic ring is 1. The molecular weight excluding hydrogens is 218 g/mol. The summed E-state index contributed by atoms with van der Waals surface area (Å²) in [5, 5.41) is 8.61. The first kappa shape index (κ1) is 11.4. The molecule has 0 amide bonds. The predicted octanol–water partition coefficient (Wildman–Crippen LogP) is 0.449. The Morgan fingerprint density at radius 2 is 2.24 bits per heavy atom. The van der Waals surface area contributed by atoms with Gasteiger partial charge in [0.05, 0.1) is 0 Å². The summed E-state index contributed by atoms with van der Waals surface area (Å²) in [5.41, 5.74) is 6.81. The molecule has 0 unspecified atom stereocenters. The third-order valence-electron chi connectivity index (χ3n) is 2.23. The topological polar surface area (TPSA) is 101 Å². The van der Waals surface area contributed by atoms with Gasteiger partial charge in [0, 0.05) is 13.0 Å². The summed E-state index contributed by atoms with van der Waals surface area (Å²) in [6.45, 7) is 0.207. The minimum Gasteiger partial charge on any atom is -0.396 e. The van der Waals surface area contributed by atoms with Crippen molar-refractivity contribution < 1.29 is 5.11 Å². The first-order chi connectivity index (χ1) is 8.31. The van der Waals surface area contributed by atoms with Crippen LogP contribution in [-0.2, 0) is 0 Å². The second-order valence-electron chi connectivity index (χ2n) is 3.53. The molecule has 0 saturated carbocycles. The maximum Gasteiger partial charge on any atom is 0.185 e. The van der Waals surface area contributed by atoms with Crippen molar-refractivity contribution in [1.82, 2.24) is 19.9 Å². The fourth-order valence-electron chi connectivity index (χ4n) is 1.38. The number of aliphatic hydroxyl groups excluding tert-OH is 1. The summed E-state index contributed by atoms with van der Waals surface area (Å²) >= 11 is 0. The van der Waals surface area contributed by atoms with E-state index >= 15 is 0 Å². The molecule has 2 aromatic heterocycles. The number of imidazole rings is 1. The molecule has 0 aromatic carbocycles. The Hall–Kier alpha value is -2.13. The molecule has 0 aliphatic heterocycles. The number of hydrogen-bond donors (Lipinski definition) is 3. The zero-order valence-corrected chi connectivity index (χ0v) is 9.27. The summed E-state index contributed by atoms with van der Waals surface area (Å²) in [5.74, 6) is 6.78. The quantitative estimate of drug-likeness (QED) is 0.526. The van der Waals surface area contributed by atoms with Crippen molar-refractivity contribution in [3.63, 3.8) is 0 Å². The van der Waals surface area contributed by atoms with Crippen molar-refractivity contribution >= 4 is 17.0 Å². The van der Waals surface area contributed by atoms with Crippen LogP contribution in [0.3, 0.4) is 0 Å². The molecule has 0 aliphatic rings. The van der Waals surface area contributed by atoms with Crippen molar-refractivity contribution in [2.75, 3.05) is 12.3 Å². The smallest absolute Gasteiger partial charge is 0.185 e. The number of nitrogens with one attached hydrogen (secondary N) is 1. The summed E-state index contributed by atoms with van der Waals surface area (Å²) in [7, 11) is 0. The Morgan fingerprint density at radius 3 is 3.00 bits per heavy atom. The van der Waals surface area contributed by atoms with E-state index in [0.717, 1.165) is 19.3 Å². The van der Waals surface area contributed by atoms with E-state index in [0.29, 0.717) is 22.8 Å². The van der Waals surface area contributed by atoms with Gasteiger partial charge in [-0.15, -0.1) is 0 Å². The lowest BCUT2D eigenvalue weighted by Gasteiger charge is -1.89. The number of H-pyrrole nitrogens is 1. The normalized spacial score (nSPS) is 10.2. The maximum absolute atomic E-state index is 8.61. The van der Waals surface area contributed by atoms with Gasteiger partial charge in [-0.1, -0.05) is 5.92 Å². The lowest BCUT2D eigenvalue weighted by molar-refractivity contribution is 0.285. The minimum absolute atomic E-state index is 0.207. The number of anilines is 1. The zero-order chi connectivity index (χ0) is 12.1. The molecule has 4 N–H and O–H groups in total. The molecule has 2 rings (SSSR count). The molecular formula is C11H13N5O. The number of nitrogens with two attached hydrogens (primary N) is 1. The van der Waals surface area contributed by atoms with Gasteiger partial charge in [0.1, 0.15) is 11.8 Å². The Balaban J connectivity index is 2.12. The van der Waals surface area contributed by atoms with E-state index in [1.807, 2.05) is 0 Å². The van der Waals surface area contributed by atoms with Gasteiger partial charge in [0.15, 0.2) is 17.3 Å². The Morgan fingerprint density at radius 1 is 1.35 bits per heavy atom. The van der Waals surface area contributed by atoms with E-state index in [1.165, 1.54) is 6.33 Å². The van der Waals surface area contributed by atoms with Crippen molar-refractivity contribution in [2.45, 2.75) is 19.3 Å². The Labute approximate surface area is 98.3 Å². The van der Waals surface area contributed by atoms with E-state index in [9.17, 15) is 0 Å². The summed E-state index contributed by atoms with van der Waals surface area (Å²) < 4.78 is 0. The Bertz CT molecular complexity index is 566. The van der Waals surface area contributed by atoms with Crippen molar-refractivity contribution in [1.29, 1.82) is 0 Å². The van der Waals surface area contributed by atoms with Crippen LogP contribution in [0.1, 0.15) is 25.1 Å². The number of aromatic amines is 1. The van der Waals surface area contributed by atoms with Crippen molar-refractivity contribution in [2.24, 2.45) is 0 Å². The SMILES string of the molecule is Nc1ncnc2nc(C#CCCCCO)[nH]c12. The first-order valence-electron chi connectivity index (χ1n) is 5.37. The molecule has 0 aliphatic carbocycles. The number of aliphatic hydroxyl groups is 1. The molecule has 0 atom stereocenters. The van der Waals surface area contributed by atoms with E-state index in [-0.39, 0.29) is 6.61 Å². The first-order valence-corrected chi connectivity index (χ1v) is 5.37. The predicted molar refractivity (Wildman–Crippen MR) is 63.9 cm³/mol. The van der Waals surface area contributed by atoms with Gasteiger partial charge in [-0.05, 0) is 18.8 Å². The highest BCUT2D eigenvalue weighted by atomic mass is 16.2. The lowest BCUT2D eigenvalue weighted by atomic mass is 10.2. The standard InChI is InChI=1S/C11H13N5O/c12-10-9-11(14-7-13-10)16-8(15-9)5-3-1-2-4-6-17/h7,17H,1-2,4,6H2,(H3,12,13,14,15,16). The molecule has 0 bridgehead atoms. The maximum atomic E-state index is 8.61. The molecule has 2 aromatic rings. The van der Waals surface area contributed by atoms with Gasteiger partial charge in [0.2, 0.25) is 0 Å². The van der Waals surface area contributed by atoms with Crippen LogP contribution >= 0.6 is 0 Å². The molecule has 0 fully saturated rings. The van der Waals surface area contributed by atoms with Gasteiger partial charge in [-0.25, -0.2) is 15.0 Å². The number of aromatic nitrogens is 4. The third-order valence-corrected chi connectivity index (χ3v) is 2.23. The number of rotatable bonds is 3. The molecule has 2 heterocycles.